The second-order valence-corrected chi connectivity index (χ2v) is 5.82. The zero-order valence-electron chi connectivity index (χ0n) is 8.99. The van der Waals surface area contributed by atoms with E-state index in [1.807, 2.05) is 13.0 Å². The SMILES string of the molecule is CCS(=O)(=O)CCNCc1cc(C)no1. The average molecular weight is 232 g/mol. The molecule has 0 bridgehead atoms. The first-order valence-electron chi connectivity index (χ1n) is 4.87. The minimum atomic E-state index is -2.88. The summed E-state index contributed by atoms with van der Waals surface area (Å²) in [5.74, 6) is 1.08. The quantitative estimate of drug-likeness (QED) is 0.723. The van der Waals surface area contributed by atoms with Gasteiger partial charge in [0, 0.05) is 18.4 Å². The van der Waals surface area contributed by atoms with Gasteiger partial charge in [0.1, 0.15) is 0 Å². The van der Waals surface area contributed by atoms with Crippen LogP contribution < -0.4 is 5.32 Å². The number of aryl methyl sites for hydroxylation is 1. The van der Waals surface area contributed by atoms with E-state index >= 15 is 0 Å². The second kappa shape index (κ2) is 5.27. The highest BCUT2D eigenvalue weighted by molar-refractivity contribution is 7.91. The fourth-order valence-electron chi connectivity index (χ4n) is 1.08. The van der Waals surface area contributed by atoms with Gasteiger partial charge in [0.05, 0.1) is 18.0 Å². The molecule has 0 amide bonds. The summed E-state index contributed by atoms with van der Waals surface area (Å²) >= 11 is 0. The molecule has 1 aromatic rings. The number of rotatable bonds is 6. The van der Waals surface area contributed by atoms with E-state index in [4.69, 9.17) is 4.52 Å². The molecule has 0 saturated heterocycles. The predicted octanol–water partition coefficient (Wildman–Crippen LogP) is 0.507. The topological polar surface area (TPSA) is 72.2 Å². The Morgan fingerprint density at radius 3 is 2.80 bits per heavy atom. The lowest BCUT2D eigenvalue weighted by Crippen LogP contribution is -2.23. The van der Waals surface area contributed by atoms with E-state index in [1.54, 1.807) is 6.92 Å². The molecule has 1 N–H and O–H groups in total. The van der Waals surface area contributed by atoms with Gasteiger partial charge in [0.15, 0.2) is 15.6 Å². The Hall–Kier alpha value is -0.880. The molecule has 0 fully saturated rings. The molecule has 1 aromatic heterocycles. The second-order valence-electron chi connectivity index (χ2n) is 3.35. The third-order valence-corrected chi connectivity index (χ3v) is 3.71. The molecule has 0 aromatic carbocycles. The molecule has 15 heavy (non-hydrogen) atoms. The van der Waals surface area contributed by atoms with Crippen molar-refractivity contribution in [3.63, 3.8) is 0 Å². The number of nitrogens with zero attached hydrogens (tertiary/aromatic N) is 1. The van der Waals surface area contributed by atoms with Crippen molar-refractivity contribution in [2.24, 2.45) is 0 Å². The van der Waals surface area contributed by atoms with E-state index < -0.39 is 9.84 Å². The van der Waals surface area contributed by atoms with E-state index in [9.17, 15) is 8.42 Å². The molecule has 0 saturated carbocycles. The Kier molecular flexibility index (Phi) is 4.28. The van der Waals surface area contributed by atoms with Gasteiger partial charge in [0.2, 0.25) is 0 Å². The Labute approximate surface area is 89.8 Å². The van der Waals surface area contributed by atoms with Gasteiger partial charge in [-0.2, -0.15) is 0 Å². The third kappa shape index (κ3) is 4.44. The number of nitrogens with one attached hydrogen (secondary N) is 1. The first-order chi connectivity index (χ1) is 7.03. The number of aromatic nitrogens is 1. The van der Waals surface area contributed by atoms with E-state index in [2.05, 4.69) is 10.5 Å². The number of hydrogen-bond donors (Lipinski definition) is 1. The van der Waals surface area contributed by atoms with Crippen LogP contribution in [-0.2, 0) is 16.4 Å². The highest BCUT2D eigenvalue weighted by Crippen LogP contribution is 2.00. The molecule has 0 unspecified atom stereocenters. The van der Waals surface area contributed by atoms with Crippen LogP contribution >= 0.6 is 0 Å². The summed E-state index contributed by atoms with van der Waals surface area (Å²) in [6, 6.07) is 1.82. The standard InChI is InChI=1S/C9H16N2O3S/c1-3-15(12,13)5-4-10-7-9-6-8(2)11-14-9/h6,10H,3-5,7H2,1-2H3. The Balaban J connectivity index is 2.23. The Morgan fingerprint density at radius 1 is 1.53 bits per heavy atom. The summed E-state index contributed by atoms with van der Waals surface area (Å²) in [4.78, 5) is 0. The highest BCUT2D eigenvalue weighted by Gasteiger charge is 2.06. The zero-order chi connectivity index (χ0) is 11.3. The maximum absolute atomic E-state index is 11.1. The molecule has 0 aliphatic rings. The minimum absolute atomic E-state index is 0.163. The van der Waals surface area contributed by atoms with Gasteiger partial charge in [-0.05, 0) is 6.92 Å². The predicted molar refractivity (Wildman–Crippen MR) is 57.3 cm³/mol. The summed E-state index contributed by atoms with van der Waals surface area (Å²) in [5.41, 5.74) is 0.827. The van der Waals surface area contributed by atoms with E-state index in [0.29, 0.717) is 13.1 Å². The van der Waals surface area contributed by atoms with Crippen LogP contribution in [0.1, 0.15) is 18.4 Å². The maximum Gasteiger partial charge on any atom is 0.151 e. The summed E-state index contributed by atoms with van der Waals surface area (Å²) in [6.45, 7) is 4.44. The fourth-order valence-corrected chi connectivity index (χ4v) is 1.83. The van der Waals surface area contributed by atoms with Crippen LogP contribution in [0, 0.1) is 6.92 Å². The molecule has 0 spiro atoms. The van der Waals surface area contributed by atoms with Crippen LogP contribution in [0.2, 0.25) is 0 Å². The molecule has 0 radical (unpaired) electrons. The average Bonchev–Trinajstić information content (AvgIpc) is 2.59. The van der Waals surface area contributed by atoms with Crippen molar-refractivity contribution in [2.75, 3.05) is 18.1 Å². The Bertz CT molecular complexity index is 397. The van der Waals surface area contributed by atoms with Crippen molar-refractivity contribution < 1.29 is 12.9 Å². The molecule has 6 heteroatoms. The molecule has 5 nitrogen and oxygen atoms in total. The molecule has 0 aliphatic carbocycles. The van der Waals surface area contributed by atoms with Gasteiger partial charge in [-0.25, -0.2) is 8.42 Å². The molecular weight excluding hydrogens is 216 g/mol. The first-order valence-corrected chi connectivity index (χ1v) is 6.69. The molecule has 1 heterocycles. The number of hydrogen-bond acceptors (Lipinski definition) is 5. The highest BCUT2D eigenvalue weighted by atomic mass is 32.2. The molecule has 0 atom stereocenters. The van der Waals surface area contributed by atoms with Crippen LogP contribution in [0.3, 0.4) is 0 Å². The van der Waals surface area contributed by atoms with Crippen LogP contribution in [0.5, 0.6) is 0 Å². The summed E-state index contributed by atoms with van der Waals surface area (Å²) < 4.78 is 27.2. The van der Waals surface area contributed by atoms with E-state index in [-0.39, 0.29) is 11.5 Å². The lowest BCUT2D eigenvalue weighted by atomic mass is 10.4. The van der Waals surface area contributed by atoms with E-state index in [1.165, 1.54) is 0 Å². The summed E-state index contributed by atoms with van der Waals surface area (Å²) in [7, 11) is -2.88. The van der Waals surface area contributed by atoms with Gasteiger partial charge in [-0.3, -0.25) is 0 Å². The summed E-state index contributed by atoms with van der Waals surface area (Å²) in [6.07, 6.45) is 0. The smallest absolute Gasteiger partial charge is 0.151 e. The van der Waals surface area contributed by atoms with Gasteiger partial charge in [-0.15, -0.1) is 0 Å². The van der Waals surface area contributed by atoms with Crippen LogP contribution in [0.15, 0.2) is 10.6 Å². The summed E-state index contributed by atoms with van der Waals surface area (Å²) in [5, 5.41) is 6.72. The Morgan fingerprint density at radius 2 is 2.27 bits per heavy atom. The van der Waals surface area contributed by atoms with Crippen molar-refractivity contribution in [2.45, 2.75) is 20.4 Å². The van der Waals surface area contributed by atoms with Crippen molar-refractivity contribution in [1.29, 1.82) is 0 Å². The van der Waals surface area contributed by atoms with Crippen LogP contribution in [0.4, 0.5) is 0 Å². The van der Waals surface area contributed by atoms with Gasteiger partial charge in [-0.1, -0.05) is 12.1 Å². The minimum Gasteiger partial charge on any atom is -0.360 e. The van der Waals surface area contributed by atoms with Crippen LogP contribution in [0.25, 0.3) is 0 Å². The molecule has 0 aliphatic heterocycles. The van der Waals surface area contributed by atoms with Crippen LogP contribution in [-0.4, -0.2) is 31.6 Å². The first kappa shape index (κ1) is 12.2. The lowest BCUT2D eigenvalue weighted by Gasteiger charge is -2.01. The molecule has 86 valence electrons. The molecule has 1 rings (SSSR count). The normalized spacial score (nSPS) is 11.9. The van der Waals surface area contributed by atoms with Crippen molar-refractivity contribution in [3.8, 4) is 0 Å². The van der Waals surface area contributed by atoms with Crippen molar-refractivity contribution in [1.82, 2.24) is 10.5 Å². The number of sulfone groups is 1. The monoisotopic (exact) mass is 232 g/mol. The van der Waals surface area contributed by atoms with Crippen molar-refractivity contribution in [3.05, 3.63) is 17.5 Å². The largest absolute Gasteiger partial charge is 0.360 e. The zero-order valence-corrected chi connectivity index (χ0v) is 9.80. The van der Waals surface area contributed by atoms with Gasteiger partial charge < -0.3 is 9.84 Å². The maximum atomic E-state index is 11.1. The lowest BCUT2D eigenvalue weighted by molar-refractivity contribution is 0.371. The van der Waals surface area contributed by atoms with Gasteiger partial charge >= 0.3 is 0 Å². The third-order valence-electron chi connectivity index (χ3n) is 2.01. The fraction of sp³-hybridized carbons (Fsp3) is 0.667. The van der Waals surface area contributed by atoms with Crippen molar-refractivity contribution >= 4 is 9.84 Å². The van der Waals surface area contributed by atoms with E-state index in [0.717, 1.165) is 11.5 Å². The van der Waals surface area contributed by atoms with Gasteiger partial charge in [0.25, 0.3) is 0 Å². The molecular formula is C9H16N2O3S.